The molecule has 0 radical (unpaired) electrons. The summed E-state index contributed by atoms with van der Waals surface area (Å²) < 4.78 is 34.6. The van der Waals surface area contributed by atoms with Crippen molar-refractivity contribution < 1.29 is 18.0 Å². The minimum Gasteiger partial charge on any atom is -0.356 e. The van der Waals surface area contributed by atoms with Gasteiger partial charge in [0.15, 0.2) is 5.83 Å². The lowest BCUT2D eigenvalue weighted by atomic mass is 10.4. The van der Waals surface area contributed by atoms with Crippen molar-refractivity contribution in [2.24, 2.45) is 0 Å². The minimum absolute atomic E-state index is 0.0987. The molecule has 1 N–H and O–H groups in total. The minimum atomic E-state index is -2.32. The van der Waals surface area contributed by atoms with Gasteiger partial charge in [0, 0.05) is 19.9 Å². The van der Waals surface area contributed by atoms with Crippen molar-refractivity contribution in [1.82, 2.24) is 5.32 Å². The van der Waals surface area contributed by atoms with Crippen LogP contribution in [0.3, 0.4) is 0 Å². The van der Waals surface area contributed by atoms with Crippen molar-refractivity contribution in [3.63, 3.8) is 0 Å². The lowest BCUT2D eigenvalue weighted by molar-refractivity contribution is -0.118. The van der Waals surface area contributed by atoms with Gasteiger partial charge in [-0.3, -0.25) is 4.79 Å². The van der Waals surface area contributed by atoms with Gasteiger partial charge in [0.1, 0.15) is 0 Å². The summed E-state index contributed by atoms with van der Waals surface area (Å²) in [6.45, 7) is 1.13. The van der Waals surface area contributed by atoms with E-state index < -0.39 is 18.3 Å². The molecule has 1 amide bonds. The zero-order valence-corrected chi connectivity index (χ0v) is 5.96. The van der Waals surface area contributed by atoms with Crippen LogP contribution in [0.25, 0.3) is 0 Å². The maximum absolute atomic E-state index is 12.0. The maximum Gasteiger partial charge on any atom is 0.301 e. The number of hydrogen-bond acceptors (Lipinski definition) is 1. The fourth-order valence-corrected chi connectivity index (χ4v) is 0.443. The molecule has 0 rings (SSSR count). The molecule has 0 saturated heterocycles. The molecule has 5 heteroatoms. The summed E-state index contributed by atoms with van der Waals surface area (Å²) in [5.41, 5.74) is 0. The lowest BCUT2D eigenvalue weighted by Crippen LogP contribution is -2.20. The van der Waals surface area contributed by atoms with Gasteiger partial charge in [-0.15, -0.1) is 0 Å². The number of halogens is 3. The van der Waals surface area contributed by atoms with Crippen molar-refractivity contribution in [3.8, 4) is 0 Å². The molecule has 0 aromatic rings. The molecule has 0 fully saturated rings. The van der Waals surface area contributed by atoms with Gasteiger partial charge in [0.05, 0.1) is 0 Å². The van der Waals surface area contributed by atoms with Crippen molar-refractivity contribution in [2.75, 3.05) is 6.54 Å². The average molecular weight is 167 g/mol. The van der Waals surface area contributed by atoms with Gasteiger partial charge in [0.2, 0.25) is 5.91 Å². The number of rotatable bonds is 3. The smallest absolute Gasteiger partial charge is 0.301 e. The average Bonchev–Trinajstić information content (AvgIpc) is 1.86. The normalized spacial score (nSPS) is 9.09. The number of amides is 1. The van der Waals surface area contributed by atoms with Crippen LogP contribution in [0.1, 0.15) is 13.3 Å². The number of carbonyl (C=O) groups is 1. The Balaban J connectivity index is 3.56. The van der Waals surface area contributed by atoms with E-state index in [1.54, 1.807) is 0 Å². The quantitative estimate of drug-likeness (QED) is 0.679. The Morgan fingerprint density at radius 3 is 2.27 bits per heavy atom. The van der Waals surface area contributed by atoms with Crippen molar-refractivity contribution in [3.05, 3.63) is 11.9 Å². The van der Waals surface area contributed by atoms with Crippen LogP contribution in [-0.4, -0.2) is 12.5 Å². The first-order valence-corrected chi connectivity index (χ1v) is 2.98. The lowest BCUT2D eigenvalue weighted by Gasteiger charge is -1.97. The SMILES string of the molecule is CC(=O)NCCC(F)=C(F)F. The van der Waals surface area contributed by atoms with E-state index in [1.165, 1.54) is 6.92 Å². The van der Waals surface area contributed by atoms with E-state index in [0.717, 1.165) is 0 Å². The van der Waals surface area contributed by atoms with Crippen molar-refractivity contribution in [2.45, 2.75) is 13.3 Å². The molecule has 0 aliphatic rings. The van der Waals surface area contributed by atoms with Gasteiger partial charge in [-0.2, -0.15) is 8.78 Å². The first kappa shape index (κ1) is 10.0. The predicted octanol–water partition coefficient (Wildman–Crippen LogP) is 1.59. The second kappa shape index (κ2) is 4.76. The van der Waals surface area contributed by atoms with E-state index in [2.05, 4.69) is 5.32 Å². The highest BCUT2D eigenvalue weighted by Gasteiger charge is 2.03. The third-order valence-electron chi connectivity index (χ3n) is 0.923. The molecule has 0 bridgehead atoms. The first-order valence-electron chi connectivity index (χ1n) is 2.98. The van der Waals surface area contributed by atoms with E-state index in [0.29, 0.717) is 0 Å². The van der Waals surface area contributed by atoms with Crippen LogP contribution in [-0.2, 0) is 4.79 Å². The molecule has 0 aromatic carbocycles. The largest absolute Gasteiger partial charge is 0.356 e. The van der Waals surface area contributed by atoms with Crippen LogP contribution >= 0.6 is 0 Å². The molecule has 0 atom stereocenters. The second-order valence-corrected chi connectivity index (χ2v) is 1.90. The summed E-state index contributed by atoms with van der Waals surface area (Å²) >= 11 is 0. The molecule has 0 unspecified atom stereocenters. The molecule has 0 aliphatic heterocycles. The molecule has 0 spiro atoms. The second-order valence-electron chi connectivity index (χ2n) is 1.90. The molecule has 0 aliphatic carbocycles. The van der Waals surface area contributed by atoms with E-state index in [9.17, 15) is 18.0 Å². The van der Waals surface area contributed by atoms with E-state index in [-0.39, 0.29) is 12.5 Å². The van der Waals surface area contributed by atoms with Crippen LogP contribution < -0.4 is 5.32 Å². The van der Waals surface area contributed by atoms with Crippen LogP contribution in [0.5, 0.6) is 0 Å². The molecule has 11 heavy (non-hydrogen) atoms. The Hall–Kier alpha value is -1.00. The maximum atomic E-state index is 12.0. The Bertz CT molecular complexity index is 175. The number of carbonyl (C=O) groups excluding carboxylic acids is 1. The van der Waals surface area contributed by atoms with E-state index >= 15 is 0 Å². The standard InChI is InChI=1S/C6H8F3NO/c1-4(11)10-3-2-5(7)6(8)9/h2-3H2,1H3,(H,10,11). The predicted molar refractivity (Wildman–Crippen MR) is 33.7 cm³/mol. The van der Waals surface area contributed by atoms with Crippen LogP contribution in [0.15, 0.2) is 11.9 Å². The molecule has 0 saturated carbocycles. The van der Waals surface area contributed by atoms with Crippen molar-refractivity contribution >= 4 is 5.91 Å². The van der Waals surface area contributed by atoms with Crippen LogP contribution in [0.4, 0.5) is 13.2 Å². The Labute approximate surface area is 62.1 Å². The molecular weight excluding hydrogens is 159 g/mol. The zero-order chi connectivity index (χ0) is 8.85. The van der Waals surface area contributed by atoms with Crippen LogP contribution in [0.2, 0.25) is 0 Å². The number of hydrogen-bond donors (Lipinski definition) is 1. The van der Waals surface area contributed by atoms with Gasteiger partial charge < -0.3 is 5.32 Å². The molecular formula is C6H8F3NO. The highest BCUT2D eigenvalue weighted by atomic mass is 19.3. The number of nitrogens with one attached hydrogen (secondary N) is 1. The molecule has 0 heterocycles. The summed E-state index contributed by atoms with van der Waals surface area (Å²) in [7, 11) is 0. The highest BCUT2D eigenvalue weighted by Crippen LogP contribution is 2.11. The Morgan fingerprint density at radius 1 is 1.36 bits per heavy atom. The van der Waals surface area contributed by atoms with Crippen molar-refractivity contribution in [1.29, 1.82) is 0 Å². The Kier molecular flexibility index (Phi) is 4.33. The monoisotopic (exact) mass is 167 g/mol. The van der Waals surface area contributed by atoms with E-state index in [1.807, 2.05) is 0 Å². The third kappa shape index (κ3) is 5.44. The van der Waals surface area contributed by atoms with Gasteiger partial charge in [-0.05, 0) is 0 Å². The summed E-state index contributed by atoms with van der Waals surface area (Å²) in [4.78, 5) is 10.2. The molecule has 64 valence electrons. The third-order valence-corrected chi connectivity index (χ3v) is 0.923. The fraction of sp³-hybridized carbons (Fsp3) is 0.500. The van der Waals surface area contributed by atoms with Gasteiger partial charge >= 0.3 is 6.08 Å². The topological polar surface area (TPSA) is 29.1 Å². The van der Waals surface area contributed by atoms with Gasteiger partial charge in [0.25, 0.3) is 0 Å². The Morgan fingerprint density at radius 2 is 1.91 bits per heavy atom. The fourth-order valence-electron chi connectivity index (χ4n) is 0.443. The summed E-state index contributed by atoms with van der Waals surface area (Å²) in [5, 5.41) is 2.18. The van der Waals surface area contributed by atoms with Crippen LogP contribution in [0, 0.1) is 0 Å². The first-order chi connectivity index (χ1) is 5.04. The molecule has 0 aromatic heterocycles. The highest BCUT2D eigenvalue weighted by molar-refractivity contribution is 5.72. The summed E-state index contributed by atoms with van der Waals surface area (Å²) in [6.07, 6.45) is -2.78. The van der Waals surface area contributed by atoms with E-state index in [4.69, 9.17) is 0 Å². The van der Waals surface area contributed by atoms with Gasteiger partial charge in [-0.25, -0.2) is 4.39 Å². The zero-order valence-electron chi connectivity index (χ0n) is 5.96. The summed E-state index contributed by atoms with van der Waals surface area (Å²) in [6, 6.07) is 0. The van der Waals surface area contributed by atoms with Gasteiger partial charge in [-0.1, -0.05) is 0 Å². The summed E-state index contributed by atoms with van der Waals surface area (Å²) in [5.74, 6) is -1.84. The molecule has 2 nitrogen and oxygen atoms in total.